The van der Waals surface area contributed by atoms with E-state index in [-0.39, 0.29) is 5.97 Å². The molecule has 0 unspecified atom stereocenters. The highest BCUT2D eigenvalue weighted by Gasteiger charge is 1.99. The first-order valence-corrected chi connectivity index (χ1v) is 4.64. The van der Waals surface area contributed by atoms with Crippen LogP contribution in [0, 0.1) is 0 Å². The van der Waals surface area contributed by atoms with Crippen molar-refractivity contribution in [1.29, 1.82) is 0 Å². The summed E-state index contributed by atoms with van der Waals surface area (Å²) < 4.78 is 4.76. The van der Waals surface area contributed by atoms with Crippen LogP contribution in [-0.4, -0.2) is 25.5 Å². The van der Waals surface area contributed by atoms with Crippen molar-refractivity contribution in [1.82, 2.24) is 5.32 Å². The Hall–Kier alpha value is -1.06. The summed E-state index contributed by atoms with van der Waals surface area (Å²) in [5.74, 6) is -0.133. The highest BCUT2D eigenvalue weighted by Crippen LogP contribution is 2.00. The molecule has 76 valence electrons. The number of ether oxygens (including phenoxy) is 1. The van der Waals surface area contributed by atoms with Crippen molar-refractivity contribution in [2.75, 3.05) is 13.2 Å². The summed E-state index contributed by atoms with van der Waals surface area (Å²) in [6, 6.07) is 0. The molecule has 0 aromatic carbocycles. The Morgan fingerprint density at radius 3 is 2.77 bits per heavy atom. The Balaban J connectivity index is 3.06. The first-order valence-electron chi connectivity index (χ1n) is 4.64. The van der Waals surface area contributed by atoms with E-state index >= 15 is 0 Å². The van der Waals surface area contributed by atoms with Gasteiger partial charge in [-0.2, -0.15) is 0 Å². The van der Waals surface area contributed by atoms with E-state index in [9.17, 15) is 9.59 Å². The fraction of sp³-hybridized carbons (Fsp3) is 0.778. The number of unbranched alkanes of at least 4 members (excludes halogenated alkanes) is 2. The third-order valence-corrected chi connectivity index (χ3v) is 1.59. The van der Waals surface area contributed by atoms with E-state index in [1.165, 1.54) is 0 Å². The molecule has 4 heteroatoms. The highest BCUT2D eigenvalue weighted by molar-refractivity contribution is 5.69. The molecule has 0 saturated heterocycles. The van der Waals surface area contributed by atoms with Crippen molar-refractivity contribution in [2.45, 2.75) is 32.6 Å². The summed E-state index contributed by atoms with van der Waals surface area (Å²) in [5.41, 5.74) is 0. The van der Waals surface area contributed by atoms with Crippen molar-refractivity contribution in [2.24, 2.45) is 0 Å². The topological polar surface area (TPSA) is 55.4 Å². The minimum atomic E-state index is -0.133. The Morgan fingerprint density at radius 1 is 1.38 bits per heavy atom. The van der Waals surface area contributed by atoms with Gasteiger partial charge in [0.05, 0.1) is 6.61 Å². The van der Waals surface area contributed by atoms with Crippen LogP contribution in [0.2, 0.25) is 0 Å². The normalized spacial score (nSPS) is 9.31. The maximum atomic E-state index is 10.8. The van der Waals surface area contributed by atoms with E-state index in [0.29, 0.717) is 26.0 Å². The summed E-state index contributed by atoms with van der Waals surface area (Å²) in [7, 11) is 0. The number of rotatable bonds is 8. The zero-order chi connectivity index (χ0) is 9.94. The van der Waals surface area contributed by atoms with Crippen LogP contribution in [-0.2, 0) is 14.3 Å². The molecule has 0 saturated carbocycles. The average Bonchev–Trinajstić information content (AvgIpc) is 2.11. The molecule has 0 spiro atoms. The number of carbonyl (C=O) groups excluding carboxylic acids is 2. The van der Waals surface area contributed by atoms with Gasteiger partial charge in [0.25, 0.3) is 0 Å². The van der Waals surface area contributed by atoms with Crippen LogP contribution in [0.15, 0.2) is 0 Å². The van der Waals surface area contributed by atoms with Crippen molar-refractivity contribution >= 4 is 12.4 Å². The second kappa shape index (κ2) is 9.03. The molecule has 1 N–H and O–H groups in total. The minimum Gasteiger partial charge on any atom is -0.466 e. The molecule has 0 bridgehead atoms. The summed E-state index contributed by atoms with van der Waals surface area (Å²) in [5, 5.41) is 2.56. The van der Waals surface area contributed by atoms with Gasteiger partial charge in [-0.3, -0.25) is 9.59 Å². The first kappa shape index (κ1) is 11.9. The minimum absolute atomic E-state index is 0.133. The Bertz CT molecular complexity index is 148. The summed E-state index contributed by atoms with van der Waals surface area (Å²) >= 11 is 0. The maximum absolute atomic E-state index is 10.8. The van der Waals surface area contributed by atoms with Gasteiger partial charge in [0, 0.05) is 13.0 Å². The number of nitrogens with one attached hydrogen (secondary N) is 1. The fourth-order valence-electron chi connectivity index (χ4n) is 0.965. The fourth-order valence-corrected chi connectivity index (χ4v) is 0.965. The van der Waals surface area contributed by atoms with Crippen LogP contribution in [0.25, 0.3) is 0 Å². The molecule has 0 aromatic heterocycles. The monoisotopic (exact) mass is 187 g/mol. The van der Waals surface area contributed by atoms with E-state index in [2.05, 4.69) is 5.32 Å². The average molecular weight is 187 g/mol. The van der Waals surface area contributed by atoms with Crippen LogP contribution in [0.5, 0.6) is 0 Å². The van der Waals surface area contributed by atoms with Crippen LogP contribution in [0.3, 0.4) is 0 Å². The number of hydrogen-bond acceptors (Lipinski definition) is 3. The van der Waals surface area contributed by atoms with Gasteiger partial charge in [0.15, 0.2) is 0 Å². The molecule has 4 nitrogen and oxygen atoms in total. The largest absolute Gasteiger partial charge is 0.466 e. The third-order valence-electron chi connectivity index (χ3n) is 1.59. The molecule has 0 atom stereocenters. The molecule has 0 fully saturated rings. The molecule has 1 amide bonds. The maximum Gasteiger partial charge on any atom is 0.305 e. The molecule has 0 aromatic rings. The molecule has 0 rings (SSSR count). The van der Waals surface area contributed by atoms with Gasteiger partial charge in [0.2, 0.25) is 6.41 Å². The second-order valence-corrected chi connectivity index (χ2v) is 2.69. The summed E-state index contributed by atoms with van der Waals surface area (Å²) in [6.45, 7) is 2.93. The molecular formula is C9H17NO3. The van der Waals surface area contributed by atoms with Crippen LogP contribution >= 0.6 is 0 Å². The predicted molar refractivity (Wildman–Crippen MR) is 49.2 cm³/mol. The van der Waals surface area contributed by atoms with Crippen LogP contribution in [0.1, 0.15) is 32.6 Å². The molecule has 0 aliphatic rings. The molecular weight excluding hydrogens is 170 g/mol. The van der Waals surface area contributed by atoms with E-state index < -0.39 is 0 Å². The summed E-state index contributed by atoms with van der Waals surface area (Å²) in [6.07, 6.45) is 3.86. The first-order chi connectivity index (χ1) is 6.31. The number of esters is 1. The lowest BCUT2D eigenvalue weighted by molar-refractivity contribution is -0.143. The zero-order valence-corrected chi connectivity index (χ0v) is 8.04. The Morgan fingerprint density at radius 2 is 2.15 bits per heavy atom. The Labute approximate surface area is 78.6 Å². The van der Waals surface area contributed by atoms with Crippen LogP contribution in [0.4, 0.5) is 0 Å². The molecule has 0 radical (unpaired) electrons. The van der Waals surface area contributed by atoms with E-state index in [0.717, 1.165) is 19.3 Å². The smallest absolute Gasteiger partial charge is 0.305 e. The quantitative estimate of drug-likeness (QED) is 0.348. The second-order valence-electron chi connectivity index (χ2n) is 2.69. The van der Waals surface area contributed by atoms with Gasteiger partial charge >= 0.3 is 5.97 Å². The number of amides is 1. The lowest BCUT2D eigenvalue weighted by Gasteiger charge is -2.01. The number of carbonyl (C=O) groups is 2. The van der Waals surface area contributed by atoms with E-state index in [1.807, 2.05) is 0 Å². The van der Waals surface area contributed by atoms with Gasteiger partial charge in [-0.25, -0.2) is 0 Å². The lowest BCUT2D eigenvalue weighted by atomic mass is 10.2. The van der Waals surface area contributed by atoms with Gasteiger partial charge in [-0.1, -0.05) is 6.42 Å². The van der Waals surface area contributed by atoms with E-state index in [1.54, 1.807) is 6.92 Å². The van der Waals surface area contributed by atoms with Crippen LogP contribution < -0.4 is 5.32 Å². The number of hydrogen-bond donors (Lipinski definition) is 1. The van der Waals surface area contributed by atoms with Crippen molar-refractivity contribution in [3.63, 3.8) is 0 Å². The highest BCUT2D eigenvalue weighted by atomic mass is 16.5. The van der Waals surface area contributed by atoms with Gasteiger partial charge < -0.3 is 10.1 Å². The van der Waals surface area contributed by atoms with Crippen molar-refractivity contribution in [3.05, 3.63) is 0 Å². The third kappa shape index (κ3) is 8.85. The van der Waals surface area contributed by atoms with Gasteiger partial charge in [-0.05, 0) is 19.8 Å². The SMILES string of the molecule is CCOC(=O)CCCCCNC=O. The lowest BCUT2D eigenvalue weighted by Crippen LogP contribution is -2.12. The predicted octanol–water partition coefficient (Wildman–Crippen LogP) is 0.856. The standard InChI is InChI=1S/C9H17NO3/c1-2-13-9(12)6-4-3-5-7-10-8-11/h8H,2-7H2,1H3,(H,10,11). The molecule has 13 heavy (non-hydrogen) atoms. The van der Waals surface area contributed by atoms with Gasteiger partial charge in [-0.15, -0.1) is 0 Å². The van der Waals surface area contributed by atoms with E-state index in [4.69, 9.17) is 4.74 Å². The zero-order valence-electron chi connectivity index (χ0n) is 8.04. The molecule has 0 heterocycles. The van der Waals surface area contributed by atoms with Gasteiger partial charge in [0.1, 0.15) is 0 Å². The Kier molecular flexibility index (Phi) is 8.30. The summed E-state index contributed by atoms with van der Waals surface area (Å²) in [4.78, 5) is 20.7. The van der Waals surface area contributed by atoms with Crippen molar-refractivity contribution < 1.29 is 14.3 Å². The van der Waals surface area contributed by atoms with Crippen molar-refractivity contribution in [3.8, 4) is 0 Å². The molecule has 0 aliphatic carbocycles. The molecule has 0 aliphatic heterocycles.